The Balaban J connectivity index is 4.19. The SMILES string of the molecule is CC(C)CCC(CCOC(=O)CCCCCCCCCC(CCCCCCCCCC(=O)OCCC(CCC(C)C)C(C)C)OC(=O)CCCN(C)C)C(C)C. The number of hydrogen-bond donors (Lipinski definition) is 0. The summed E-state index contributed by atoms with van der Waals surface area (Å²) in [5.41, 5.74) is 0. The standard InChI is InChI=1S/C49H95NO6/c1-40(2)31-33-44(42(5)6)35-38-54-47(51)28-23-19-15-11-13-17-21-26-46(56-49(53)30-25-37-50(9)10)27-22-18-14-12-16-20-24-29-48(52)55-39-36-45(43(7)8)34-32-41(3)4/h40-46H,11-39H2,1-10H3. The first kappa shape index (κ1) is 54.4. The molecule has 2 atom stereocenters. The van der Waals surface area contributed by atoms with Crippen LogP contribution in [0, 0.1) is 35.5 Å². The predicted octanol–water partition coefficient (Wildman–Crippen LogP) is 13.5. The van der Waals surface area contributed by atoms with Gasteiger partial charge in [0.05, 0.1) is 13.2 Å². The number of rotatable bonds is 39. The molecular weight excluding hydrogens is 699 g/mol. The van der Waals surface area contributed by atoms with Gasteiger partial charge in [-0.2, -0.15) is 0 Å². The summed E-state index contributed by atoms with van der Waals surface area (Å²) in [6.45, 7) is 20.2. The zero-order valence-corrected chi connectivity index (χ0v) is 38.9. The Morgan fingerprint density at radius 2 is 0.768 bits per heavy atom. The summed E-state index contributed by atoms with van der Waals surface area (Å²) in [7, 11) is 4.07. The van der Waals surface area contributed by atoms with Crippen molar-refractivity contribution in [2.75, 3.05) is 33.9 Å². The Kier molecular flexibility index (Phi) is 35.4. The number of nitrogens with zero attached hydrogens (tertiary/aromatic N) is 1. The normalized spacial score (nSPS) is 13.6. The molecule has 0 rings (SSSR count). The third kappa shape index (κ3) is 35.5. The van der Waals surface area contributed by atoms with Gasteiger partial charge in [0, 0.05) is 19.3 Å². The second-order valence-electron chi connectivity index (χ2n) is 19.0. The molecule has 0 amide bonds. The molecule has 0 aliphatic carbocycles. The Bertz CT molecular complexity index is 872. The predicted molar refractivity (Wildman–Crippen MR) is 237 cm³/mol. The van der Waals surface area contributed by atoms with Gasteiger partial charge in [-0.1, -0.05) is 132 Å². The summed E-state index contributed by atoms with van der Waals surface area (Å²) in [5, 5.41) is 0. The second-order valence-corrected chi connectivity index (χ2v) is 19.0. The fourth-order valence-corrected chi connectivity index (χ4v) is 7.61. The molecule has 0 aromatic carbocycles. The Morgan fingerprint density at radius 1 is 0.411 bits per heavy atom. The Morgan fingerprint density at radius 3 is 1.12 bits per heavy atom. The van der Waals surface area contributed by atoms with Crippen LogP contribution in [0.3, 0.4) is 0 Å². The van der Waals surface area contributed by atoms with Crippen molar-refractivity contribution in [3.63, 3.8) is 0 Å². The van der Waals surface area contributed by atoms with Crippen molar-refractivity contribution in [1.82, 2.24) is 4.90 Å². The molecule has 332 valence electrons. The number of unbranched alkanes of at least 4 members (excludes halogenated alkanes) is 12. The van der Waals surface area contributed by atoms with Gasteiger partial charge in [0.1, 0.15) is 6.10 Å². The molecule has 0 N–H and O–H groups in total. The smallest absolute Gasteiger partial charge is 0.306 e. The molecule has 0 aromatic rings. The zero-order chi connectivity index (χ0) is 42.0. The molecule has 2 unspecified atom stereocenters. The minimum absolute atomic E-state index is 0.0240. The van der Waals surface area contributed by atoms with Crippen LogP contribution in [-0.4, -0.2) is 62.8 Å². The maximum absolute atomic E-state index is 12.6. The fourth-order valence-electron chi connectivity index (χ4n) is 7.61. The monoisotopic (exact) mass is 794 g/mol. The first-order valence-electron chi connectivity index (χ1n) is 23.9. The largest absolute Gasteiger partial charge is 0.466 e. The average Bonchev–Trinajstić information content (AvgIpc) is 3.12. The van der Waals surface area contributed by atoms with E-state index in [1.165, 1.54) is 51.4 Å². The molecule has 0 radical (unpaired) electrons. The van der Waals surface area contributed by atoms with Crippen LogP contribution in [0.2, 0.25) is 0 Å². The van der Waals surface area contributed by atoms with Gasteiger partial charge in [-0.05, 0) is 127 Å². The maximum atomic E-state index is 12.6. The highest BCUT2D eigenvalue weighted by molar-refractivity contribution is 5.70. The lowest BCUT2D eigenvalue weighted by atomic mass is 9.86. The second kappa shape index (κ2) is 36.4. The van der Waals surface area contributed by atoms with E-state index in [4.69, 9.17) is 14.2 Å². The number of carbonyl (C=O) groups is 3. The quantitative estimate of drug-likeness (QED) is 0.0348. The molecule has 56 heavy (non-hydrogen) atoms. The molecule has 0 spiro atoms. The molecule has 0 aliphatic heterocycles. The molecule has 0 saturated carbocycles. The van der Waals surface area contributed by atoms with Crippen molar-refractivity contribution in [3.8, 4) is 0 Å². The van der Waals surface area contributed by atoms with Crippen LogP contribution in [0.1, 0.15) is 222 Å². The lowest BCUT2D eigenvalue weighted by molar-refractivity contribution is -0.150. The molecule has 0 aromatic heterocycles. The fraction of sp³-hybridized carbons (Fsp3) is 0.939. The molecule has 0 bridgehead atoms. The third-order valence-corrected chi connectivity index (χ3v) is 11.7. The summed E-state index contributed by atoms with van der Waals surface area (Å²) >= 11 is 0. The van der Waals surface area contributed by atoms with Gasteiger partial charge >= 0.3 is 17.9 Å². The van der Waals surface area contributed by atoms with E-state index in [1.54, 1.807) is 0 Å². The first-order chi connectivity index (χ1) is 26.7. The lowest BCUT2D eigenvalue weighted by Gasteiger charge is -2.21. The Labute approximate surface area is 348 Å². The van der Waals surface area contributed by atoms with E-state index in [1.807, 2.05) is 14.1 Å². The highest BCUT2D eigenvalue weighted by atomic mass is 16.5. The van der Waals surface area contributed by atoms with E-state index < -0.39 is 0 Å². The highest BCUT2D eigenvalue weighted by Gasteiger charge is 2.17. The van der Waals surface area contributed by atoms with E-state index in [9.17, 15) is 14.4 Å². The summed E-state index contributed by atoms with van der Waals surface area (Å²) in [6, 6.07) is 0. The first-order valence-corrected chi connectivity index (χ1v) is 23.9. The van der Waals surface area contributed by atoms with Crippen molar-refractivity contribution in [2.45, 2.75) is 228 Å². The zero-order valence-electron chi connectivity index (χ0n) is 38.9. The number of ether oxygens (including phenoxy) is 3. The van der Waals surface area contributed by atoms with Gasteiger partial charge in [-0.25, -0.2) is 0 Å². The number of carbonyl (C=O) groups excluding carboxylic acids is 3. The van der Waals surface area contributed by atoms with E-state index in [-0.39, 0.29) is 24.0 Å². The average molecular weight is 794 g/mol. The molecule has 0 aliphatic rings. The van der Waals surface area contributed by atoms with E-state index in [0.29, 0.717) is 56.1 Å². The van der Waals surface area contributed by atoms with Gasteiger partial charge in [0.15, 0.2) is 0 Å². The van der Waals surface area contributed by atoms with Crippen molar-refractivity contribution < 1.29 is 28.6 Å². The van der Waals surface area contributed by atoms with Crippen molar-refractivity contribution in [2.24, 2.45) is 35.5 Å². The third-order valence-electron chi connectivity index (χ3n) is 11.7. The van der Waals surface area contributed by atoms with Crippen molar-refractivity contribution >= 4 is 17.9 Å². The Hall–Kier alpha value is -1.63. The van der Waals surface area contributed by atoms with Crippen LogP contribution < -0.4 is 0 Å². The summed E-state index contributed by atoms with van der Waals surface area (Å²) in [4.78, 5) is 39.2. The van der Waals surface area contributed by atoms with Gasteiger partial charge in [-0.3, -0.25) is 14.4 Å². The molecular formula is C49H95NO6. The van der Waals surface area contributed by atoms with Crippen LogP contribution in [0.25, 0.3) is 0 Å². The van der Waals surface area contributed by atoms with Crippen molar-refractivity contribution in [3.05, 3.63) is 0 Å². The topological polar surface area (TPSA) is 82.1 Å². The van der Waals surface area contributed by atoms with Crippen LogP contribution in [0.15, 0.2) is 0 Å². The lowest BCUT2D eigenvalue weighted by Crippen LogP contribution is -2.20. The van der Waals surface area contributed by atoms with E-state index in [0.717, 1.165) is 115 Å². The van der Waals surface area contributed by atoms with E-state index in [2.05, 4.69) is 60.3 Å². The van der Waals surface area contributed by atoms with Crippen LogP contribution in [-0.2, 0) is 28.6 Å². The number of hydrogen-bond acceptors (Lipinski definition) is 7. The minimum Gasteiger partial charge on any atom is -0.466 e. The minimum atomic E-state index is -0.0503. The summed E-state index contributed by atoms with van der Waals surface area (Å²) in [5.74, 6) is 3.85. The van der Waals surface area contributed by atoms with Gasteiger partial charge in [0.25, 0.3) is 0 Å². The molecule has 0 fully saturated rings. The van der Waals surface area contributed by atoms with Gasteiger partial charge in [-0.15, -0.1) is 0 Å². The molecule has 0 heterocycles. The van der Waals surface area contributed by atoms with Crippen molar-refractivity contribution in [1.29, 1.82) is 0 Å². The van der Waals surface area contributed by atoms with Crippen LogP contribution in [0.5, 0.6) is 0 Å². The van der Waals surface area contributed by atoms with E-state index >= 15 is 0 Å². The summed E-state index contributed by atoms with van der Waals surface area (Å²) < 4.78 is 17.2. The van der Waals surface area contributed by atoms with Crippen LogP contribution in [0.4, 0.5) is 0 Å². The van der Waals surface area contributed by atoms with Gasteiger partial charge in [0.2, 0.25) is 0 Å². The highest BCUT2D eigenvalue weighted by Crippen LogP contribution is 2.25. The maximum Gasteiger partial charge on any atom is 0.306 e. The van der Waals surface area contributed by atoms with Gasteiger partial charge < -0.3 is 19.1 Å². The molecule has 7 nitrogen and oxygen atoms in total. The number of esters is 3. The van der Waals surface area contributed by atoms with Crippen LogP contribution >= 0.6 is 0 Å². The summed E-state index contributed by atoms with van der Waals surface area (Å²) in [6.07, 6.45) is 26.8. The molecule has 0 saturated heterocycles. The molecule has 7 heteroatoms.